The quantitative estimate of drug-likeness (QED) is 0.514. The van der Waals surface area contributed by atoms with Crippen LogP contribution in [-0.4, -0.2) is 15.4 Å². The number of thiocarbonyl (C=S) groups is 1. The van der Waals surface area contributed by atoms with Crippen molar-refractivity contribution in [1.29, 1.82) is 0 Å². The first-order chi connectivity index (χ1) is 4.84. The Kier molecular flexibility index (Phi) is 2.31. The van der Waals surface area contributed by atoms with Gasteiger partial charge < -0.3 is 0 Å². The fourth-order valence-corrected chi connectivity index (χ4v) is 0.717. The van der Waals surface area contributed by atoms with Crippen molar-refractivity contribution >= 4 is 17.4 Å². The molecule has 10 heavy (non-hydrogen) atoms. The first kappa shape index (κ1) is 7.12. The first-order valence-corrected chi connectivity index (χ1v) is 3.28. The molecule has 0 spiro atoms. The minimum absolute atomic E-state index is 0.575. The lowest BCUT2D eigenvalue weighted by Crippen LogP contribution is -1.80. The summed E-state index contributed by atoms with van der Waals surface area (Å²) in [5.41, 5.74) is 2.10. The van der Waals surface area contributed by atoms with Crippen LogP contribution in [0.3, 0.4) is 0 Å². The van der Waals surface area contributed by atoms with E-state index < -0.39 is 0 Å². The lowest BCUT2D eigenvalue weighted by atomic mass is 10.3. The van der Waals surface area contributed by atoms with E-state index in [1.165, 1.54) is 0 Å². The minimum Gasteiger partial charge on any atom is -0.283 e. The summed E-state index contributed by atoms with van der Waals surface area (Å²) in [6.45, 7) is 2.52. The number of nitrogens with one attached hydrogen (secondary N) is 1. The summed E-state index contributed by atoms with van der Waals surface area (Å²) in [4.78, 5) is 3.78. The standard InChI is InChI=1S/C6H7N3S/c1-5-6(2-7-4-10)3-8-9-5/h3H,2H2,1H3,(H,8,9). The smallest absolute Gasteiger partial charge is 0.0776 e. The van der Waals surface area contributed by atoms with Gasteiger partial charge in [-0.1, -0.05) is 0 Å². The van der Waals surface area contributed by atoms with Crippen molar-refractivity contribution in [2.24, 2.45) is 4.99 Å². The van der Waals surface area contributed by atoms with E-state index in [4.69, 9.17) is 0 Å². The second-order valence-electron chi connectivity index (χ2n) is 1.93. The molecule has 0 aliphatic rings. The van der Waals surface area contributed by atoms with Gasteiger partial charge in [0.15, 0.2) is 0 Å². The zero-order valence-electron chi connectivity index (χ0n) is 5.59. The number of aromatic amines is 1. The van der Waals surface area contributed by atoms with Crippen molar-refractivity contribution in [2.75, 3.05) is 0 Å². The molecule has 0 aliphatic heterocycles. The Morgan fingerprint density at radius 2 is 2.70 bits per heavy atom. The number of H-pyrrole nitrogens is 1. The molecule has 0 saturated carbocycles. The van der Waals surface area contributed by atoms with E-state index in [1.54, 1.807) is 6.20 Å². The fourth-order valence-electron chi connectivity index (χ4n) is 0.653. The maximum absolute atomic E-state index is 4.42. The molecule has 1 aromatic heterocycles. The Morgan fingerprint density at radius 1 is 1.90 bits per heavy atom. The van der Waals surface area contributed by atoms with Gasteiger partial charge in [0, 0.05) is 11.3 Å². The van der Waals surface area contributed by atoms with Gasteiger partial charge >= 0.3 is 0 Å². The average Bonchev–Trinajstić information content (AvgIpc) is 2.31. The normalized spacial score (nSPS) is 8.90. The fraction of sp³-hybridized carbons (Fsp3) is 0.333. The van der Waals surface area contributed by atoms with Crippen LogP contribution in [0.2, 0.25) is 0 Å². The second kappa shape index (κ2) is 3.25. The second-order valence-corrected chi connectivity index (χ2v) is 2.11. The predicted molar refractivity (Wildman–Crippen MR) is 42.1 cm³/mol. The number of nitrogens with zero attached hydrogens (tertiary/aromatic N) is 2. The average molecular weight is 153 g/mol. The SMILES string of the molecule is Cc1[nH]ncc1CN=C=S. The highest BCUT2D eigenvalue weighted by atomic mass is 32.1. The zero-order valence-corrected chi connectivity index (χ0v) is 6.40. The van der Waals surface area contributed by atoms with Gasteiger partial charge in [-0.25, -0.2) is 4.99 Å². The van der Waals surface area contributed by atoms with Gasteiger partial charge in [0.25, 0.3) is 0 Å². The zero-order chi connectivity index (χ0) is 7.40. The Hall–Kier alpha value is -0.990. The molecule has 1 rings (SSSR count). The molecule has 3 nitrogen and oxygen atoms in total. The molecule has 0 saturated heterocycles. The van der Waals surface area contributed by atoms with Crippen molar-refractivity contribution in [3.8, 4) is 0 Å². The molecule has 1 aromatic rings. The molecular weight excluding hydrogens is 146 g/mol. The molecule has 1 N–H and O–H groups in total. The van der Waals surface area contributed by atoms with Crippen LogP contribution in [0.15, 0.2) is 11.2 Å². The summed E-state index contributed by atoms with van der Waals surface area (Å²) in [5.74, 6) is 0. The third kappa shape index (κ3) is 1.50. The highest BCUT2D eigenvalue weighted by Crippen LogP contribution is 2.02. The van der Waals surface area contributed by atoms with Crippen LogP contribution in [0.4, 0.5) is 0 Å². The maximum Gasteiger partial charge on any atom is 0.0776 e. The van der Waals surface area contributed by atoms with Crippen LogP contribution in [-0.2, 0) is 6.54 Å². The van der Waals surface area contributed by atoms with Crippen molar-refractivity contribution in [2.45, 2.75) is 13.5 Å². The van der Waals surface area contributed by atoms with Gasteiger partial charge in [-0.3, -0.25) is 5.10 Å². The molecule has 0 unspecified atom stereocenters. The highest BCUT2D eigenvalue weighted by Gasteiger charge is 1.95. The number of rotatable bonds is 2. The minimum atomic E-state index is 0.575. The van der Waals surface area contributed by atoms with Crippen LogP contribution in [0.1, 0.15) is 11.3 Å². The molecule has 52 valence electrons. The summed E-state index contributed by atoms with van der Waals surface area (Å²) < 4.78 is 0. The Labute approximate surface area is 64.2 Å². The van der Waals surface area contributed by atoms with Crippen LogP contribution >= 0.6 is 12.2 Å². The molecule has 0 aliphatic carbocycles. The highest BCUT2D eigenvalue weighted by molar-refractivity contribution is 7.78. The van der Waals surface area contributed by atoms with E-state index in [0.717, 1.165) is 11.3 Å². The maximum atomic E-state index is 4.42. The molecule has 0 radical (unpaired) electrons. The van der Waals surface area contributed by atoms with Gasteiger partial charge in [0.2, 0.25) is 0 Å². The van der Waals surface area contributed by atoms with E-state index in [1.807, 2.05) is 6.92 Å². The van der Waals surface area contributed by atoms with E-state index in [2.05, 4.69) is 32.6 Å². The van der Waals surface area contributed by atoms with Crippen LogP contribution in [0, 0.1) is 6.92 Å². The molecule has 0 amide bonds. The van der Waals surface area contributed by atoms with Gasteiger partial charge in [-0.15, -0.1) is 0 Å². The number of hydrogen-bond donors (Lipinski definition) is 1. The van der Waals surface area contributed by atoms with E-state index >= 15 is 0 Å². The van der Waals surface area contributed by atoms with Gasteiger partial charge in [0.05, 0.1) is 17.9 Å². The van der Waals surface area contributed by atoms with E-state index in [0.29, 0.717) is 6.54 Å². The van der Waals surface area contributed by atoms with Crippen LogP contribution in [0.5, 0.6) is 0 Å². The first-order valence-electron chi connectivity index (χ1n) is 2.87. The number of aryl methyl sites for hydroxylation is 1. The van der Waals surface area contributed by atoms with E-state index in [9.17, 15) is 0 Å². The van der Waals surface area contributed by atoms with Crippen molar-refractivity contribution in [1.82, 2.24) is 10.2 Å². The molecule has 0 aromatic carbocycles. The summed E-state index contributed by atoms with van der Waals surface area (Å²) in [5, 5.41) is 8.93. The summed E-state index contributed by atoms with van der Waals surface area (Å²) >= 11 is 4.42. The number of isothiocyanates is 1. The summed E-state index contributed by atoms with van der Waals surface area (Å²) in [7, 11) is 0. The third-order valence-corrected chi connectivity index (χ3v) is 1.38. The number of hydrogen-bond acceptors (Lipinski definition) is 3. The Morgan fingerprint density at radius 3 is 3.20 bits per heavy atom. The van der Waals surface area contributed by atoms with Crippen LogP contribution < -0.4 is 0 Å². The number of aromatic nitrogens is 2. The van der Waals surface area contributed by atoms with Crippen molar-refractivity contribution in [3.63, 3.8) is 0 Å². The monoisotopic (exact) mass is 153 g/mol. The third-order valence-electron chi connectivity index (χ3n) is 1.25. The molecule has 4 heteroatoms. The molecule has 1 heterocycles. The summed E-state index contributed by atoms with van der Waals surface area (Å²) in [6, 6.07) is 0. The van der Waals surface area contributed by atoms with Gasteiger partial charge in [-0.05, 0) is 19.1 Å². The molecular formula is C6H7N3S. The van der Waals surface area contributed by atoms with Crippen LogP contribution in [0.25, 0.3) is 0 Å². The van der Waals surface area contributed by atoms with Crippen molar-refractivity contribution < 1.29 is 0 Å². The Bertz CT molecular complexity index is 260. The topological polar surface area (TPSA) is 41.0 Å². The van der Waals surface area contributed by atoms with Crippen molar-refractivity contribution in [3.05, 3.63) is 17.5 Å². The molecule has 0 atom stereocenters. The molecule has 0 fully saturated rings. The lowest BCUT2D eigenvalue weighted by Gasteiger charge is -1.87. The largest absolute Gasteiger partial charge is 0.283 e. The summed E-state index contributed by atoms with van der Waals surface area (Å²) in [6.07, 6.45) is 1.74. The predicted octanol–water partition coefficient (Wildman–Crippen LogP) is 1.32. The Balaban J connectivity index is 2.74. The van der Waals surface area contributed by atoms with Gasteiger partial charge in [0.1, 0.15) is 0 Å². The molecule has 0 bridgehead atoms. The van der Waals surface area contributed by atoms with E-state index in [-0.39, 0.29) is 0 Å². The number of aliphatic imine (C=N–C) groups is 1. The lowest BCUT2D eigenvalue weighted by molar-refractivity contribution is 1.03. The van der Waals surface area contributed by atoms with Gasteiger partial charge in [-0.2, -0.15) is 5.10 Å².